The largest absolute Gasteiger partial charge is 0.409 e. The van der Waals surface area contributed by atoms with Crippen LogP contribution in [-0.4, -0.2) is 63.3 Å². The van der Waals surface area contributed by atoms with Gasteiger partial charge in [0.15, 0.2) is 31.4 Å². The molecule has 0 aliphatic heterocycles. The number of hydrogen-bond acceptors (Lipinski definition) is 8. The van der Waals surface area contributed by atoms with Crippen LogP contribution in [0.3, 0.4) is 0 Å². The third-order valence-electron chi connectivity index (χ3n) is 9.42. The molecule has 0 aromatic carbocycles. The van der Waals surface area contributed by atoms with Crippen molar-refractivity contribution in [3.63, 3.8) is 0 Å². The molecule has 238 valence electrons. The fourth-order valence-electron chi connectivity index (χ4n) is 5.78. The van der Waals surface area contributed by atoms with Crippen molar-refractivity contribution in [3.05, 3.63) is 59.8 Å². The molecular weight excluding hydrogens is 621 g/mol. The Morgan fingerprint density at radius 1 is 1.25 bits per heavy atom. The van der Waals surface area contributed by atoms with Crippen molar-refractivity contribution >= 4 is 46.8 Å². The van der Waals surface area contributed by atoms with Gasteiger partial charge in [0, 0.05) is 28.4 Å². The lowest BCUT2D eigenvalue weighted by atomic mass is 9.80. The average molecular weight is 662 g/mol. The Bertz CT molecular complexity index is 1750. The van der Waals surface area contributed by atoms with Crippen LogP contribution in [-0.2, 0) is 14.4 Å². The fraction of sp³-hybridized carbons (Fsp3) is 0.516. The van der Waals surface area contributed by atoms with E-state index in [1.54, 1.807) is 31.2 Å². The van der Waals surface area contributed by atoms with E-state index in [1.165, 1.54) is 18.5 Å². The van der Waals surface area contributed by atoms with E-state index in [-0.39, 0.29) is 28.7 Å². The summed E-state index contributed by atoms with van der Waals surface area (Å²) < 4.78 is 49.7. The normalized spacial score (nSPS) is 26.5. The smallest absolute Gasteiger partial charge is 0.249 e. The highest BCUT2D eigenvalue weighted by molar-refractivity contribution is 7.91. The van der Waals surface area contributed by atoms with Crippen LogP contribution in [0.15, 0.2) is 54.0 Å². The molecule has 44 heavy (non-hydrogen) atoms. The lowest BCUT2D eigenvalue weighted by Crippen LogP contribution is -2.60. The van der Waals surface area contributed by atoms with Crippen molar-refractivity contribution in [1.82, 2.24) is 18.9 Å². The summed E-state index contributed by atoms with van der Waals surface area (Å²) in [5.41, 5.74) is -0.230. The fourth-order valence-corrected chi connectivity index (χ4v) is 9.52. The van der Waals surface area contributed by atoms with Crippen LogP contribution in [0.1, 0.15) is 60.3 Å². The number of aromatic nitrogens is 4. The maximum absolute atomic E-state index is 15.2. The van der Waals surface area contributed by atoms with E-state index in [0.717, 1.165) is 16.6 Å². The first-order chi connectivity index (χ1) is 20.4. The molecule has 1 unspecified atom stereocenters. The molecule has 3 aromatic heterocycles. The first-order valence-corrected chi connectivity index (χ1v) is 19.5. The number of nitrogens with one attached hydrogen (secondary N) is 1. The maximum Gasteiger partial charge on any atom is 0.249 e. The molecule has 1 saturated carbocycles. The van der Waals surface area contributed by atoms with Crippen LogP contribution in [0.2, 0.25) is 18.1 Å². The Kier molecular flexibility index (Phi) is 8.41. The predicted octanol–water partition coefficient (Wildman–Crippen LogP) is 6.76. The Hall–Kier alpha value is -2.64. The monoisotopic (exact) mass is 661 g/mol. The molecule has 3 aromatic rings. The zero-order valence-electron chi connectivity index (χ0n) is 26.2. The first kappa shape index (κ1) is 32.7. The number of aliphatic hydroxyl groups is 1. The molecule has 2 N–H and O–H groups in total. The van der Waals surface area contributed by atoms with Gasteiger partial charge < -0.3 is 14.8 Å². The van der Waals surface area contributed by atoms with Crippen LogP contribution in [0.5, 0.6) is 0 Å². The zero-order chi connectivity index (χ0) is 32.3. The Labute approximate surface area is 264 Å². The second kappa shape index (κ2) is 11.3. The first-order valence-electron chi connectivity index (χ1n) is 14.8. The van der Waals surface area contributed by atoms with Crippen LogP contribution in [0.4, 0.5) is 10.2 Å². The number of fused-ring (bicyclic) bond motifs is 1. The van der Waals surface area contributed by atoms with E-state index in [1.807, 2.05) is 6.92 Å². The van der Waals surface area contributed by atoms with E-state index in [4.69, 9.17) is 16.0 Å². The standard InChI is InChI=1S/C31H41ClFN5O4SSi/c1-29(2,3)44(6,7)42-31(5)15-9-13-24(25(31)39)36-27-23(33)18-35-26(37-27)22-19-38(28-21(22)12-10-16-34-28)43(40,41)30(4)14-8-11-20(32)17-30/h8,10-12,16-19,24-25,39H,9,13-15H2,1-7H3,(H,35,36,37)/t24-,25+,30?,31+/m0/s1. The van der Waals surface area contributed by atoms with Gasteiger partial charge in [0.05, 0.1) is 17.8 Å². The van der Waals surface area contributed by atoms with E-state index in [2.05, 4.69) is 54.1 Å². The summed E-state index contributed by atoms with van der Waals surface area (Å²) in [6, 6.07) is 2.90. The van der Waals surface area contributed by atoms with Gasteiger partial charge in [-0.2, -0.15) is 0 Å². The molecule has 2 aliphatic carbocycles. The van der Waals surface area contributed by atoms with Crippen molar-refractivity contribution in [2.75, 3.05) is 5.32 Å². The highest BCUT2D eigenvalue weighted by atomic mass is 35.5. The van der Waals surface area contributed by atoms with Gasteiger partial charge in [-0.1, -0.05) is 38.4 Å². The number of nitrogens with zero attached hydrogens (tertiary/aromatic N) is 4. The Balaban J connectivity index is 1.50. The molecule has 0 saturated heterocycles. The molecule has 0 radical (unpaired) electrons. The molecule has 1 fully saturated rings. The van der Waals surface area contributed by atoms with Crippen molar-refractivity contribution in [2.24, 2.45) is 0 Å². The van der Waals surface area contributed by atoms with Crippen molar-refractivity contribution in [3.8, 4) is 11.4 Å². The predicted molar refractivity (Wildman–Crippen MR) is 175 cm³/mol. The van der Waals surface area contributed by atoms with Gasteiger partial charge in [-0.25, -0.2) is 31.7 Å². The van der Waals surface area contributed by atoms with Crippen LogP contribution in [0, 0.1) is 5.82 Å². The van der Waals surface area contributed by atoms with E-state index in [9.17, 15) is 13.5 Å². The minimum absolute atomic E-state index is 0.0427. The number of rotatable bonds is 7. The summed E-state index contributed by atoms with van der Waals surface area (Å²) in [5.74, 6) is -0.648. The quantitative estimate of drug-likeness (QED) is 0.267. The SMILES string of the molecule is CC(C)(C)[Si](C)(C)O[C@]1(C)CCC[C@H](Nc2nc(-c3cn(S(=O)(=O)C4(C)C=C(Cl)C=CC4)c4ncccc34)ncc2F)[C@H]1O. The van der Waals surface area contributed by atoms with Gasteiger partial charge in [0.25, 0.3) is 0 Å². The van der Waals surface area contributed by atoms with Gasteiger partial charge in [-0.15, -0.1) is 0 Å². The van der Waals surface area contributed by atoms with Crippen LogP contribution >= 0.6 is 11.6 Å². The zero-order valence-corrected chi connectivity index (χ0v) is 28.8. The average Bonchev–Trinajstić information content (AvgIpc) is 3.32. The second-order valence-corrected chi connectivity index (χ2v) is 21.3. The van der Waals surface area contributed by atoms with Crippen LogP contribution in [0.25, 0.3) is 22.4 Å². The van der Waals surface area contributed by atoms with Gasteiger partial charge in [-0.05, 0) is 81.9 Å². The molecule has 5 rings (SSSR count). The molecular formula is C31H41ClFN5O4SSi. The van der Waals surface area contributed by atoms with Crippen molar-refractivity contribution in [1.29, 1.82) is 0 Å². The van der Waals surface area contributed by atoms with Crippen molar-refractivity contribution < 1.29 is 22.3 Å². The molecule has 13 heteroatoms. The lowest BCUT2D eigenvalue weighted by molar-refractivity contribution is -0.0820. The minimum atomic E-state index is -4.04. The highest BCUT2D eigenvalue weighted by Gasteiger charge is 2.49. The van der Waals surface area contributed by atoms with Gasteiger partial charge >= 0.3 is 0 Å². The maximum atomic E-state index is 15.2. The highest BCUT2D eigenvalue weighted by Crippen LogP contribution is 2.44. The number of allylic oxidation sites excluding steroid dienone is 3. The second-order valence-electron chi connectivity index (χ2n) is 13.8. The van der Waals surface area contributed by atoms with Crippen molar-refractivity contribution in [2.45, 2.75) is 101 Å². The summed E-state index contributed by atoms with van der Waals surface area (Å²) in [6.45, 7) is 14.3. The summed E-state index contributed by atoms with van der Waals surface area (Å²) in [4.78, 5) is 13.1. The molecule has 2 aliphatic rings. The molecule has 0 spiro atoms. The summed E-state index contributed by atoms with van der Waals surface area (Å²) >= 11 is 6.20. The minimum Gasteiger partial charge on any atom is -0.409 e. The number of aliphatic hydroxyl groups excluding tert-OH is 1. The number of halogens is 2. The topological polar surface area (TPSA) is 119 Å². The van der Waals surface area contributed by atoms with Gasteiger partial charge in [0.2, 0.25) is 10.0 Å². The number of hydrogen-bond donors (Lipinski definition) is 2. The summed E-state index contributed by atoms with van der Waals surface area (Å²) in [5, 5.41) is 15.4. The third kappa shape index (κ3) is 5.75. The molecule has 9 nitrogen and oxygen atoms in total. The molecule has 3 heterocycles. The molecule has 0 amide bonds. The number of pyridine rings is 1. The Morgan fingerprint density at radius 3 is 2.66 bits per heavy atom. The van der Waals surface area contributed by atoms with E-state index in [0.29, 0.717) is 28.8 Å². The van der Waals surface area contributed by atoms with Gasteiger partial charge in [0.1, 0.15) is 10.9 Å². The summed E-state index contributed by atoms with van der Waals surface area (Å²) in [6.07, 6.45) is 10.3. The van der Waals surface area contributed by atoms with E-state index >= 15 is 4.39 Å². The van der Waals surface area contributed by atoms with Crippen LogP contribution < -0.4 is 5.32 Å². The summed E-state index contributed by atoms with van der Waals surface area (Å²) in [7, 11) is -6.25. The van der Waals surface area contributed by atoms with E-state index < -0.39 is 46.7 Å². The third-order valence-corrected chi connectivity index (χ3v) is 16.5. The lowest BCUT2D eigenvalue weighted by Gasteiger charge is -2.50. The number of anilines is 1. The Morgan fingerprint density at radius 2 is 1.98 bits per heavy atom. The van der Waals surface area contributed by atoms with Gasteiger partial charge in [-0.3, -0.25) is 0 Å². The molecule has 4 atom stereocenters. The molecule has 0 bridgehead atoms.